The van der Waals surface area contributed by atoms with Gasteiger partial charge in [-0.15, -0.1) is 0 Å². The van der Waals surface area contributed by atoms with Crippen LogP contribution in [0.5, 0.6) is 0 Å². The van der Waals surface area contributed by atoms with Gasteiger partial charge in [0.1, 0.15) is 6.42 Å². The number of amides is 1. The van der Waals surface area contributed by atoms with E-state index < -0.39 is 18.5 Å². The van der Waals surface area contributed by atoms with Crippen LogP contribution in [0.25, 0.3) is 0 Å². The Balaban J connectivity index is 1.90. The van der Waals surface area contributed by atoms with Gasteiger partial charge in [0.15, 0.2) is 0 Å². The van der Waals surface area contributed by atoms with Crippen LogP contribution in [0.4, 0.5) is 19.1 Å². The second-order valence-electron chi connectivity index (χ2n) is 4.61. The summed E-state index contributed by atoms with van der Waals surface area (Å²) in [4.78, 5) is 21.5. The lowest BCUT2D eigenvalue weighted by Crippen LogP contribution is -2.28. The van der Waals surface area contributed by atoms with Gasteiger partial charge in [-0.2, -0.15) is 13.2 Å². The monoisotopic (exact) mass is 288 g/mol. The summed E-state index contributed by atoms with van der Waals surface area (Å²) in [7, 11) is 0. The van der Waals surface area contributed by atoms with Gasteiger partial charge in [0.25, 0.3) is 0 Å². The molecule has 0 unspecified atom stereocenters. The molecule has 1 fully saturated rings. The van der Waals surface area contributed by atoms with E-state index in [2.05, 4.69) is 15.3 Å². The molecule has 0 aliphatic carbocycles. The third kappa shape index (κ3) is 4.36. The molecule has 1 aromatic heterocycles. The second kappa shape index (κ2) is 6.06. The predicted molar refractivity (Wildman–Crippen MR) is 66.0 cm³/mol. The number of nitrogens with one attached hydrogen (secondary N) is 1. The van der Waals surface area contributed by atoms with E-state index in [4.69, 9.17) is 0 Å². The molecule has 20 heavy (non-hydrogen) atoms. The lowest BCUT2D eigenvalue weighted by Gasteiger charge is -2.15. The summed E-state index contributed by atoms with van der Waals surface area (Å²) < 4.78 is 36.0. The van der Waals surface area contributed by atoms with Gasteiger partial charge >= 0.3 is 6.18 Å². The fraction of sp³-hybridized carbons (Fsp3) is 0.583. The van der Waals surface area contributed by atoms with Crippen LogP contribution in [0.1, 0.15) is 25.0 Å². The van der Waals surface area contributed by atoms with E-state index in [1.165, 1.54) is 0 Å². The third-order valence-corrected chi connectivity index (χ3v) is 2.92. The summed E-state index contributed by atoms with van der Waals surface area (Å²) in [6.07, 6.45) is -2.26. The Morgan fingerprint density at radius 3 is 2.70 bits per heavy atom. The number of carbonyl (C=O) groups excluding carboxylic acids is 1. The summed E-state index contributed by atoms with van der Waals surface area (Å²) in [5, 5.41) is 2.21. The molecule has 8 heteroatoms. The van der Waals surface area contributed by atoms with Gasteiger partial charge < -0.3 is 10.2 Å². The number of anilines is 1. The Morgan fingerprint density at radius 2 is 2.05 bits per heavy atom. The zero-order valence-corrected chi connectivity index (χ0v) is 10.8. The van der Waals surface area contributed by atoms with Crippen LogP contribution in [0.15, 0.2) is 12.3 Å². The molecule has 1 N–H and O–H groups in total. The largest absolute Gasteiger partial charge is 0.397 e. The van der Waals surface area contributed by atoms with E-state index in [-0.39, 0.29) is 6.54 Å². The quantitative estimate of drug-likeness (QED) is 0.915. The van der Waals surface area contributed by atoms with E-state index in [0.29, 0.717) is 11.6 Å². The smallest absolute Gasteiger partial charge is 0.350 e. The number of nitrogens with zero attached hydrogens (tertiary/aromatic N) is 3. The number of carbonyl (C=O) groups is 1. The first-order chi connectivity index (χ1) is 9.44. The maximum atomic E-state index is 12.0. The van der Waals surface area contributed by atoms with E-state index in [0.717, 1.165) is 25.9 Å². The first-order valence-corrected chi connectivity index (χ1v) is 6.34. The first kappa shape index (κ1) is 14.5. The number of hydrogen-bond acceptors (Lipinski definition) is 4. The highest BCUT2D eigenvalue weighted by molar-refractivity contribution is 5.76. The van der Waals surface area contributed by atoms with Crippen molar-refractivity contribution < 1.29 is 18.0 Å². The molecule has 0 spiro atoms. The standard InChI is InChI=1S/C12H15F3N4O/c13-12(14,15)7-10(20)17-8-9-3-4-16-11(18-9)19-5-1-2-6-19/h3-4H,1-2,5-8H2,(H,17,20). The molecular weight excluding hydrogens is 273 g/mol. The van der Waals surface area contributed by atoms with Crippen LogP contribution in [-0.4, -0.2) is 35.1 Å². The Kier molecular flexibility index (Phi) is 4.41. The molecular formula is C12H15F3N4O. The fourth-order valence-electron chi connectivity index (χ4n) is 1.99. The van der Waals surface area contributed by atoms with Crippen molar-refractivity contribution in [1.82, 2.24) is 15.3 Å². The fourth-order valence-corrected chi connectivity index (χ4v) is 1.99. The van der Waals surface area contributed by atoms with Gasteiger partial charge in [0.05, 0.1) is 12.2 Å². The summed E-state index contributed by atoms with van der Waals surface area (Å²) >= 11 is 0. The van der Waals surface area contributed by atoms with Gasteiger partial charge in [-0.1, -0.05) is 0 Å². The van der Waals surface area contributed by atoms with Crippen molar-refractivity contribution >= 4 is 11.9 Å². The average molecular weight is 288 g/mol. The molecule has 0 atom stereocenters. The van der Waals surface area contributed by atoms with Gasteiger partial charge in [-0.3, -0.25) is 4.79 Å². The zero-order chi connectivity index (χ0) is 14.6. The van der Waals surface area contributed by atoms with Crippen LogP contribution in [0, 0.1) is 0 Å². The highest BCUT2D eigenvalue weighted by atomic mass is 19.4. The minimum absolute atomic E-state index is 0.0295. The third-order valence-electron chi connectivity index (χ3n) is 2.92. The molecule has 110 valence electrons. The second-order valence-corrected chi connectivity index (χ2v) is 4.61. The van der Waals surface area contributed by atoms with Crippen molar-refractivity contribution in [2.75, 3.05) is 18.0 Å². The molecule has 2 heterocycles. The Morgan fingerprint density at radius 1 is 1.35 bits per heavy atom. The Hall–Kier alpha value is -1.86. The lowest BCUT2D eigenvalue weighted by molar-refractivity contribution is -0.153. The molecule has 0 radical (unpaired) electrons. The number of aromatic nitrogens is 2. The zero-order valence-electron chi connectivity index (χ0n) is 10.8. The predicted octanol–water partition coefficient (Wildman–Crippen LogP) is 1.65. The van der Waals surface area contributed by atoms with Crippen LogP contribution in [-0.2, 0) is 11.3 Å². The van der Waals surface area contributed by atoms with Crippen LogP contribution in [0.2, 0.25) is 0 Å². The summed E-state index contributed by atoms with van der Waals surface area (Å²) in [5.41, 5.74) is 0.498. The van der Waals surface area contributed by atoms with Crippen LogP contribution in [0.3, 0.4) is 0 Å². The van der Waals surface area contributed by atoms with Crippen molar-refractivity contribution in [1.29, 1.82) is 0 Å². The molecule has 1 aromatic rings. The molecule has 1 saturated heterocycles. The Bertz CT molecular complexity index is 472. The molecule has 0 saturated carbocycles. The molecule has 0 bridgehead atoms. The average Bonchev–Trinajstić information content (AvgIpc) is 2.88. The first-order valence-electron chi connectivity index (χ1n) is 6.34. The summed E-state index contributed by atoms with van der Waals surface area (Å²) in [5.74, 6) is -0.496. The van der Waals surface area contributed by atoms with Crippen LogP contribution >= 0.6 is 0 Å². The number of halogens is 3. The number of rotatable bonds is 4. The van der Waals surface area contributed by atoms with Crippen LogP contribution < -0.4 is 10.2 Å². The van der Waals surface area contributed by atoms with Crippen molar-refractivity contribution in [2.24, 2.45) is 0 Å². The number of hydrogen-bond donors (Lipinski definition) is 1. The van der Waals surface area contributed by atoms with Crippen molar-refractivity contribution in [3.8, 4) is 0 Å². The van der Waals surface area contributed by atoms with E-state index >= 15 is 0 Å². The molecule has 5 nitrogen and oxygen atoms in total. The molecule has 1 aliphatic rings. The highest BCUT2D eigenvalue weighted by Crippen LogP contribution is 2.19. The molecule has 1 aliphatic heterocycles. The summed E-state index contributed by atoms with van der Waals surface area (Å²) in [6.45, 7) is 1.73. The van der Waals surface area contributed by atoms with Crippen molar-refractivity contribution in [3.05, 3.63) is 18.0 Å². The van der Waals surface area contributed by atoms with Gasteiger partial charge in [0.2, 0.25) is 11.9 Å². The minimum atomic E-state index is -4.49. The summed E-state index contributed by atoms with van der Waals surface area (Å²) in [6, 6.07) is 1.58. The Labute approximate surface area is 114 Å². The van der Waals surface area contributed by atoms with Gasteiger partial charge in [0, 0.05) is 19.3 Å². The minimum Gasteiger partial charge on any atom is -0.350 e. The highest BCUT2D eigenvalue weighted by Gasteiger charge is 2.31. The molecule has 0 aromatic carbocycles. The lowest BCUT2D eigenvalue weighted by atomic mass is 10.3. The maximum Gasteiger partial charge on any atom is 0.397 e. The van der Waals surface area contributed by atoms with Crippen molar-refractivity contribution in [3.63, 3.8) is 0 Å². The van der Waals surface area contributed by atoms with E-state index in [1.807, 2.05) is 4.90 Å². The van der Waals surface area contributed by atoms with Gasteiger partial charge in [-0.25, -0.2) is 9.97 Å². The van der Waals surface area contributed by atoms with Crippen molar-refractivity contribution in [2.45, 2.75) is 32.0 Å². The van der Waals surface area contributed by atoms with Gasteiger partial charge in [-0.05, 0) is 18.9 Å². The number of alkyl halides is 3. The van der Waals surface area contributed by atoms with E-state index in [1.54, 1.807) is 12.3 Å². The molecule has 2 rings (SSSR count). The van der Waals surface area contributed by atoms with E-state index in [9.17, 15) is 18.0 Å². The normalized spacial score (nSPS) is 15.4. The SMILES string of the molecule is O=C(CC(F)(F)F)NCc1ccnc(N2CCCC2)n1. The topological polar surface area (TPSA) is 58.1 Å². The maximum absolute atomic E-state index is 12.0. The molecule has 1 amide bonds.